The van der Waals surface area contributed by atoms with Gasteiger partial charge in [-0.3, -0.25) is 9.59 Å². The van der Waals surface area contributed by atoms with Crippen LogP contribution in [0.5, 0.6) is 5.75 Å². The fraction of sp³-hybridized carbons (Fsp3) is 0.300. The van der Waals surface area contributed by atoms with Crippen LogP contribution in [0.15, 0.2) is 48.5 Å². The van der Waals surface area contributed by atoms with E-state index in [9.17, 15) is 9.59 Å². The molecule has 25 heavy (non-hydrogen) atoms. The monoisotopic (exact) mass is 338 g/mol. The van der Waals surface area contributed by atoms with Crippen LogP contribution in [0, 0.1) is 0 Å². The number of carbonyl (C=O) groups is 2. The van der Waals surface area contributed by atoms with Crippen molar-refractivity contribution in [2.75, 3.05) is 13.2 Å². The number of hydrogen-bond donors (Lipinski definition) is 2. The van der Waals surface area contributed by atoms with Crippen molar-refractivity contribution in [2.45, 2.75) is 25.8 Å². The summed E-state index contributed by atoms with van der Waals surface area (Å²) in [6, 6.07) is 15.3. The van der Waals surface area contributed by atoms with E-state index in [2.05, 4.69) is 10.6 Å². The minimum Gasteiger partial charge on any atom is -0.493 e. The van der Waals surface area contributed by atoms with Gasteiger partial charge < -0.3 is 15.4 Å². The van der Waals surface area contributed by atoms with Gasteiger partial charge in [0.15, 0.2) is 0 Å². The molecule has 130 valence electrons. The van der Waals surface area contributed by atoms with E-state index in [1.54, 1.807) is 0 Å². The first-order valence-corrected chi connectivity index (χ1v) is 8.49. The van der Waals surface area contributed by atoms with Crippen molar-refractivity contribution in [3.05, 3.63) is 65.2 Å². The molecule has 2 N–H and O–H groups in total. The van der Waals surface area contributed by atoms with Crippen LogP contribution < -0.4 is 15.4 Å². The molecule has 1 aliphatic rings. The average Bonchev–Trinajstić information content (AvgIpc) is 2.62. The number of fused-ring (bicyclic) bond motifs is 1. The molecule has 1 atom stereocenters. The number of para-hydroxylation sites is 1. The Morgan fingerprint density at radius 1 is 1.12 bits per heavy atom. The highest BCUT2D eigenvalue weighted by molar-refractivity contribution is 5.94. The molecule has 1 aliphatic heterocycles. The molecule has 0 bridgehead atoms. The van der Waals surface area contributed by atoms with Crippen LogP contribution in [0.2, 0.25) is 0 Å². The van der Waals surface area contributed by atoms with Crippen molar-refractivity contribution in [3.63, 3.8) is 0 Å². The molecule has 0 spiro atoms. The van der Waals surface area contributed by atoms with Crippen LogP contribution in [0.4, 0.5) is 0 Å². The first-order valence-electron chi connectivity index (χ1n) is 8.49. The summed E-state index contributed by atoms with van der Waals surface area (Å²) in [5.74, 6) is 0.718. The predicted octanol–water partition coefficient (Wildman–Crippen LogP) is 2.62. The van der Waals surface area contributed by atoms with E-state index in [0.717, 1.165) is 29.7 Å². The number of nitrogens with one attached hydrogen (secondary N) is 2. The normalized spacial score (nSPS) is 15.6. The van der Waals surface area contributed by atoms with Gasteiger partial charge in [0.25, 0.3) is 5.91 Å². The molecule has 0 unspecified atom stereocenters. The lowest BCUT2D eigenvalue weighted by Gasteiger charge is -2.26. The van der Waals surface area contributed by atoms with Crippen LogP contribution in [-0.4, -0.2) is 25.0 Å². The Kier molecular flexibility index (Phi) is 5.33. The molecule has 0 saturated heterocycles. The summed E-state index contributed by atoms with van der Waals surface area (Å²) in [5, 5.41) is 5.86. The predicted molar refractivity (Wildman–Crippen MR) is 95.6 cm³/mol. The number of benzene rings is 2. The van der Waals surface area contributed by atoms with Crippen LogP contribution in [-0.2, 0) is 11.2 Å². The standard InChI is InChI=1S/C20H22N2O3/c1-14(23)21-12-10-15-6-8-16(9-7-15)20(24)22-18-11-13-25-19-5-3-2-4-17(18)19/h2-9,18H,10-13H2,1H3,(H,21,23)(H,22,24)/t18-/m1/s1. The quantitative estimate of drug-likeness (QED) is 0.881. The second-order valence-corrected chi connectivity index (χ2v) is 6.13. The summed E-state index contributed by atoms with van der Waals surface area (Å²) >= 11 is 0. The third kappa shape index (κ3) is 4.38. The molecule has 2 amide bonds. The van der Waals surface area contributed by atoms with E-state index in [4.69, 9.17) is 4.74 Å². The van der Waals surface area contributed by atoms with Gasteiger partial charge in [-0.2, -0.15) is 0 Å². The molecular formula is C20H22N2O3. The summed E-state index contributed by atoms with van der Waals surface area (Å²) in [7, 11) is 0. The number of ether oxygens (including phenoxy) is 1. The summed E-state index contributed by atoms with van der Waals surface area (Å²) < 4.78 is 5.63. The van der Waals surface area contributed by atoms with Crippen molar-refractivity contribution in [3.8, 4) is 5.75 Å². The molecule has 1 heterocycles. The maximum atomic E-state index is 12.5. The van der Waals surface area contributed by atoms with Crippen molar-refractivity contribution in [1.82, 2.24) is 10.6 Å². The van der Waals surface area contributed by atoms with Gasteiger partial charge in [-0.1, -0.05) is 30.3 Å². The molecule has 3 rings (SSSR count). The Bertz CT molecular complexity index is 756. The van der Waals surface area contributed by atoms with E-state index in [1.165, 1.54) is 6.92 Å². The lowest BCUT2D eigenvalue weighted by molar-refractivity contribution is -0.118. The van der Waals surface area contributed by atoms with E-state index in [-0.39, 0.29) is 17.9 Å². The fourth-order valence-corrected chi connectivity index (χ4v) is 2.94. The lowest BCUT2D eigenvalue weighted by Crippen LogP contribution is -2.32. The number of carbonyl (C=O) groups excluding carboxylic acids is 2. The molecule has 0 aromatic heterocycles. The van der Waals surface area contributed by atoms with Gasteiger partial charge in [-0.25, -0.2) is 0 Å². The van der Waals surface area contributed by atoms with E-state index in [0.29, 0.717) is 18.7 Å². The van der Waals surface area contributed by atoms with Gasteiger partial charge in [0.05, 0.1) is 12.6 Å². The molecule has 0 aliphatic carbocycles. The van der Waals surface area contributed by atoms with Gasteiger partial charge in [0, 0.05) is 31.0 Å². The summed E-state index contributed by atoms with van der Waals surface area (Å²) in [6.07, 6.45) is 1.51. The molecule has 0 radical (unpaired) electrons. The summed E-state index contributed by atoms with van der Waals surface area (Å²) in [5.41, 5.74) is 2.74. The Morgan fingerprint density at radius 3 is 2.64 bits per heavy atom. The number of hydrogen-bond acceptors (Lipinski definition) is 3. The van der Waals surface area contributed by atoms with Crippen molar-refractivity contribution >= 4 is 11.8 Å². The minimum atomic E-state index is -0.0879. The zero-order valence-electron chi connectivity index (χ0n) is 14.2. The molecular weight excluding hydrogens is 316 g/mol. The van der Waals surface area contributed by atoms with Crippen molar-refractivity contribution in [1.29, 1.82) is 0 Å². The van der Waals surface area contributed by atoms with Crippen molar-refractivity contribution < 1.29 is 14.3 Å². The zero-order valence-corrected chi connectivity index (χ0v) is 14.2. The molecule has 2 aromatic rings. The first kappa shape index (κ1) is 17.0. The van der Waals surface area contributed by atoms with E-state index in [1.807, 2.05) is 48.5 Å². The van der Waals surface area contributed by atoms with E-state index < -0.39 is 0 Å². The largest absolute Gasteiger partial charge is 0.493 e. The molecule has 5 heteroatoms. The van der Waals surface area contributed by atoms with Crippen molar-refractivity contribution in [2.24, 2.45) is 0 Å². The highest BCUT2D eigenvalue weighted by atomic mass is 16.5. The highest BCUT2D eigenvalue weighted by Gasteiger charge is 2.22. The zero-order chi connectivity index (χ0) is 17.6. The van der Waals surface area contributed by atoms with Crippen LogP contribution >= 0.6 is 0 Å². The maximum absolute atomic E-state index is 12.5. The van der Waals surface area contributed by atoms with Gasteiger partial charge in [-0.15, -0.1) is 0 Å². The minimum absolute atomic E-state index is 0.0307. The second-order valence-electron chi connectivity index (χ2n) is 6.13. The summed E-state index contributed by atoms with van der Waals surface area (Å²) in [4.78, 5) is 23.4. The number of rotatable bonds is 5. The van der Waals surface area contributed by atoms with Crippen LogP contribution in [0.3, 0.4) is 0 Å². The average molecular weight is 338 g/mol. The van der Waals surface area contributed by atoms with Gasteiger partial charge in [0.1, 0.15) is 5.75 Å². The topological polar surface area (TPSA) is 67.4 Å². The Hall–Kier alpha value is -2.82. The van der Waals surface area contributed by atoms with Gasteiger partial charge in [-0.05, 0) is 30.2 Å². The SMILES string of the molecule is CC(=O)NCCc1ccc(C(=O)N[C@@H]2CCOc3ccccc32)cc1. The second kappa shape index (κ2) is 7.83. The maximum Gasteiger partial charge on any atom is 0.251 e. The Labute approximate surface area is 147 Å². The third-order valence-corrected chi connectivity index (χ3v) is 4.27. The molecule has 2 aromatic carbocycles. The number of amides is 2. The van der Waals surface area contributed by atoms with Gasteiger partial charge in [0.2, 0.25) is 5.91 Å². The fourth-order valence-electron chi connectivity index (χ4n) is 2.94. The highest BCUT2D eigenvalue weighted by Crippen LogP contribution is 2.31. The molecule has 5 nitrogen and oxygen atoms in total. The summed E-state index contributed by atoms with van der Waals surface area (Å²) in [6.45, 7) is 2.70. The molecule has 0 fully saturated rings. The lowest BCUT2D eigenvalue weighted by atomic mass is 10.00. The van der Waals surface area contributed by atoms with Crippen LogP contribution in [0.1, 0.15) is 40.9 Å². The van der Waals surface area contributed by atoms with Gasteiger partial charge >= 0.3 is 0 Å². The third-order valence-electron chi connectivity index (χ3n) is 4.27. The smallest absolute Gasteiger partial charge is 0.251 e. The first-order chi connectivity index (χ1) is 12.1. The Morgan fingerprint density at radius 2 is 1.88 bits per heavy atom. The van der Waals surface area contributed by atoms with E-state index >= 15 is 0 Å². The Balaban J connectivity index is 1.61. The van der Waals surface area contributed by atoms with Crippen LogP contribution in [0.25, 0.3) is 0 Å². The molecule has 0 saturated carbocycles.